The first-order chi connectivity index (χ1) is 14.9. The molecule has 0 aromatic heterocycles. The molecule has 2 amide bonds. The zero-order valence-electron chi connectivity index (χ0n) is 17.4. The Balaban J connectivity index is 1.38. The third-order valence-electron chi connectivity index (χ3n) is 5.54. The van der Waals surface area contributed by atoms with Crippen molar-refractivity contribution >= 4 is 39.1 Å². The summed E-state index contributed by atoms with van der Waals surface area (Å²) in [6, 6.07) is 20.7. The molecule has 4 rings (SSSR count). The molecular weight excluding hydrogens is 456 g/mol. The number of hydrogen-bond acceptors (Lipinski definition) is 3. The van der Waals surface area contributed by atoms with Crippen molar-refractivity contribution in [1.82, 2.24) is 0 Å². The second-order valence-electron chi connectivity index (χ2n) is 7.70. The molecule has 5 nitrogen and oxygen atoms in total. The maximum Gasteiger partial charge on any atom is 0.229 e. The van der Waals surface area contributed by atoms with Crippen LogP contribution in [0, 0.1) is 19.8 Å². The summed E-state index contributed by atoms with van der Waals surface area (Å²) in [7, 11) is 0. The van der Waals surface area contributed by atoms with Crippen molar-refractivity contribution < 1.29 is 14.3 Å². The van der Waals surface area contributed by atoms with E-state index < -0.39 is 0 Å². The van der Waals surface area contributed by atoms with Crippen molar-refractivity contribution in [2.45, 2.75) is 20.3 Å². The second-order valence-corrected chi connectivity index (χ2v) is 8.61. The van der Waals surface area contributed by atoms with Gasteiger partial charge in [0, 0.05) is 28.8 Å². The first-order valence-electron chi connectivity index (χ1n) is 10.1. The van der Waals surface area contributed by atoms with Crippen LogP contribution in [0.1, 0.15) is 17.5 Å². The lowest BCUT2D eigenvalue weighted by Crippen LogP contribution is -2.28. The topological polar surface area (TPSA) is 58.6 Å². The molecular formula is C25H23BrN2O3. The standard InChI is InChI=1S/C25H23BrN2O3/c1-16-4-3-5-23(17(16)2)31-22-12-8-20(9-13-22)27-25(30)18-14-24(29)28(15-18)21-10-6-19(26)7-11-21/h3-13,18H,14-15H2,1-2H3,(H,27,30)/t18-/m0/s1. The lowest BCUT2D eigenvalue weighted by molar-refractivity contribution is -0.122. The van der Waals surface area contributed by atoms with Crippen LogP contribution in [0.25, 0.3) is 0 Å². The highest BCUT2D eigenvalue weighted by molar-refractivity contribution is 9.10. The van der Waals surface area contributed by atoms with E-state index in [0.29, 0.717) is 18.0 Å². The van der Waals surface area contributed by atoms with E-state index in [2.05, 4.69) is 21.2 Å². The Kier molecular flexibility index (Phi) is 6.09. The highest BCUT2D eigenvalue weighted by Crippen LogP contribution is 2.29. The highest BCUT2D eigenvalue weighted by Gasteiger charge is 2.35. The molecule has 0 spiro atoms. The van der Waals surface area contributed by atoms with E-state index in [9.17, 15) is 9.59 Å². The molecule has 0 radical (unpaired) electrons. The number of carbonyl (C=O) groups excluding carboxylic acids is 2. The minimum absolute atomic E-state index is 0.0419. The molecule has 1 atom stereocenters. The van der Waals surface area contributed by atoms with Crippen LogP contribution in [0.3, 0.4) is 0 Å². The number of rotatable bonds is 5. The van der Waals surface area contributed by atoms with Crippen molar-refractivity contribution in [3.8, 4) is 11.5 Å². The third-order valence-corrected chi connectivity index (χ3v) is 6.07. The average molecular weight is 479 g/mol. The van der Waals surface area contributed by atoms with E-state index in [-0.39, 0.29) is 24.2 Å². The summed E-state index contributed by atoms with van der Waals surface area (Å²) in [6.45, 7) is 4.45. The largest absolute Gasteiger partial charge is 0.457 e. The van der Waals surface area contributed by atoms with E-state index in [1.807, 2.05) is 80.6 Å². The molecule has 6 heteroatoms. The number of benzene rings is 3. The van der Waals surface area contributed by atoms with Gasteiger partial charge in [-0.15, -0.1) is 0 Å². The van der Waals surface area contributed by atoms with E-state index in [1.54, 1.807) is 4.90 Å². The monoisotopic (exact) mass is 478 g/mol. The Morgan fingerprint density at radius 2 is 1.74 bits per heavy atom. The van der Waals surface area contributed by atoms with Crippen LogP contribution < -0.4 is 15.0 Å². The number of nitrogens with one attached hydrogen (secondary N) is 1. The van der Waals surface area contributed by atoms with Gasteiger partial charge in [0.15, 0.2) is 0 Å². The Morgan fingerprint density at radius 1 is 1.03 bits per heavy atom. The fraction of sp³-hybridized carbons (Fsp3) is 0.200. The fourth-order valence-electron chi connectivity index (χ4n) is 3.57. The van der Waals surface area contributed by atoms with Crippen LogP contribution in [0.15, 0.2) is 71.2 Å². The van der Waals surface area contributed by atoms with E-state index in [1.165, 1.54) is 5.56 Å². The Labute approximate surface area is 190 Å². The van der Waals surface area contributed by atoms with Crippen LogP contribution in [-0.2, 0) is 9.59 Å². The molecule has 31 heavy (non-hydrogen) atoms. The van der Waals surface area contributed by atoms with Crippen molar-refractivity contribution in [3.05, 3.63) is 82.3 Å². The van der Waals surface area contributed by atoms with Gasteiger partial charge >= 0.3 is 0 Å². The maximum atomic E-state index is 12.7. The van der Waals surface area contributed by atoms with Crippen LogP contribution >= 0.6 is 15.9 Å². The summed E-state index contributed by atoms with van der Waals surface area (Å²) in [6.07, 6.45) is 0.204. The summed E-state index contributed by atoms with van der Waals surface area (Å²) in [5, 5.41) is 2.92. The Bertz CT molecular complexity index is 1110. The number of anilines is 2. The quantitative estimate of drug-likeness (QED) is 0.500. The fourth-order valence-corrected chi connectivity index (χ4v) is 3.83. The number of aryl methyl sites for hydroxylation is 1. The van der Waals surface area contributed by atoms with Crippen LogP contribution in [-0.4, -0.2) is 18.4 Å². The molecule has 0 unspecified atom stereocenters. The first-order valence-corrected chi connectivity index (χ1v) is 10.9. The molecule has 1 aliphatic heterocycles. The van der Waals surface area contributed by atoms with E-state index >= 15 is 0 Å². The molecule has 1 fully saturated rings. The second kappa shape index (κ2) is 8.94. The van der Waals surface area contributed by atoms with Gasteiger partial charge in [-0.05, 0) is 79.6 Å². The number of ether oxygens (including phenoxy) is 1. The molecule has 1 aliphatic rings. The van der Waals surface area contributed by atoms with Gasteiger partial charge in [-0.2, -0.15) is 0 Å². The SMILES string of the molecule is Cc1cccc(Oc2ccc(NC(=O)[C@H]3CC(=O)N(c4ccc(Br)cc4)C3)cc2)c1C. The third kappa shape index (κ3) is 4.80. The van der Waals surface area contributed by atoms with Crippen LogP contribution in [0.5, 0.6) is 11.5 Å². The minimum Gasteiger partial charge on any atom is -0.457 e. The minimum atomic E-state index is -0.387. The Morgan fingerprint density at radius 3 is 2.45 bits per heavy atom. The molecule has 0 bridgehead atoms. The zero-order valence-corrected chi connectivity index (χ0v) is 19.0. The van der Waals surface area contributed by atoms with Crippen molar-refractivity contribution in [1.29, 1.82) is 0 Å². The number of amides is 2. The number of carbonyl (C=O) groups is 2. The molecule has 0 aliphatic carbocycles. The normalized spacial score (nSPS) is 15.8. The molecule has 1 heterocycles. The van der Waals surface area contributed by atoms with E-state index in [4.69, 9.17) is 4.74 Å². The molecule has 1 N–H and O–H groups in total. The number of nitrogens with zero attached hydrogens (tertiary/aromatic N) is 1. The zero-order chi connectivity index (χ0) is 22.0. The molecule has 0 saturated carbocycles. The Hall–Kier alpha value is -3.12. The predicted molar refractivity (Wildman–Crippen MR) is 126 cm³/mol. The summed E-state index contributed by atoms with van der Waals surface area (Å²) in [4.78, 5) is 26.8. The first kappa shape index (κ1) is 21.1. The van der Waals surface area contributed by atoms with E-state index in [0.717, 1.165) is 21.5 Å². The van der Waals surface area contributed by atoms with Gasteiger partial charge in [0.05, 0.1) is 5.92 Å². The van der Waals surface area contributed by atoms with Gasteiger partial charge in [-0.1, -0.05) is 28.1 Å². The van der Waals surface area contributed by atoms with Crippen LogP contribution in [0.4, 0.5) is 11.4 Å². The number of hydrogen-bond donors (Lipinski definition) is 1. The van der Waals surface area contributed by atoms with Crippen molar-refractivity contribution in [3.63, 3.8) is 0 Å². The lowest BCUT2D eigenvalue weighted by atomic mass is 10.1. The summed E-state index contributed by atoms with van der Waals surface area (Å²) in [5.41, 5.74) is 3.75. The molecule has 1 saturated heterocycles. The molecule has 3 aromatic rings. The lowest BCUT2D eigenvalue weighted by Gasteiger charge is -2.17. The van der Waals surface area contributed by atoms with Gasteiger partial charge in [0.1, 0.15) is 11.5 Å². The maximum absolute atomic E-state index is 12.7. The predicted octanol–water partition coefficient (Wildman–Crippen LogP) is 5.85. The summed E-state index contributed by atoms with van der Waals surface area (Å²) < 4.78 is 6.91. The summed E-state index contributed by atoms with van der Waals surface area (Å²) in [5.74, 6) is 0.927. The van der Waals surface area contributed by atoms with Gasteiger partial charge in [-0.25, -0.2) is 0 Å². The average Bonchev–Trinajstić information content (AvgIpc) is 3.15. The number of halogens is 1. The van der Waals surface area contributed by atoms with Crippen molar-refractivity contribution in [2.24, 2.45) is 5.92 Å². The summed E-state index contributed by atoms with van der Waals surface area (Å²) >= 11 is 3.39. The van der Waals surface area contributed by atoms with Crippen LogP contribution in [0.2, 0.25) is 0 Å². The van der Waals surface area contributed by atoms with Gasteiger partial charge in [-0.3, -0.25) is 9.59 Å². The van der Waals surface area contributed by atoms with Crippen molar-refractivity contribution in [2.75, 3.05) is 16.8 Å². The highest BCUT2D eigenvalue weighted by atomic mass is 79.9. The van der Waals surface area contributed by atoms with Gasteiger partial charge < -0.3 is 15.0 Å². The smallest absolute Gasteiger partial charge is 0.229 e. The van der Waals surface area contributed by atoms with Gasteiger partial charge in [0.2, 0.25) is 11.8 Å². The van der Waals surface area contributed by atoms with Gasteiger partial charge in [0.25, 0.3) is 0 Å². The molecule has 158 valence electrons. The molecule has 3 aromatic carbocycles.